The lowest BCUT2D eigenvalue weighted by atomic mass is 10.1. The average Bonchev–Trinajstić information content (AvgIpc) is 2.42. The van der Waals surface area contributed by atoms with Gasteiger partial charge in [0.15, 0.2) is 0 Å². The lowest BCUT2D eigenvalue weighted by Gasteiger charge is -2.17. The fraction of sp³-hybridized carbons (Fsp3) is 0.500. The van der Waals surface area contributed by atoms with Crippen molar-refractivity contribution in [1.82, 2.24) is 5.32 Å². The third-order valence-electron chi connectivity index (χ3n) is 3.06. The van der Waals surface area contributed by atoms with Crippen molar-refractivity contribution in [2.24, 2.45) is 0 Å². The molecule has 1 aliphatic rings. The van der Waals surface area contributed by atoms with Gasteiger partial charge in [0.1, 0.15) is 0 Å². The van der Waals surface area contributed by atoms with Gasteiger partial charge >= 0.3 is 0 Å². The molecule has 1 heterocycles. The van der Waals surface area contributed by atoms with Crippen LogP contribution >= 0.6 is 27.5 Å². The van der Waals surface area contributed by atoms with E-state index in [1.807, 2.05) is 25.1 Å². The number of benzene rings is 1. The summed E-state index contributed by atoms with van der Waals surface area (Å²) in [4.78, 5) is 0. The first-order valence-electron chi connectivity index (χ1n) is 5.63. The lowest BCUT2D eigenvalue weighted by molar-refractivity contribution is 0.578. The van der Waals surface area contributed by atoms with Gasteiger partial charge in [-0.05, 0) is 30.7 Å². The highest BCUT2D eigenvalue weighted by atomic mass is 79.9. The van der Waals surface area contributed by atoms with Gasteiger partial charge < -0.3 is 5.32 Å². The van der Waals surface area contributed by atoms with Crippen molar-refractivity contribution in [3.63, 3.8) is 0 Å². The topological polar surface area (TPSA) is 29.1 Å². The molecule has 3 unspecified atom stereocenters. The largest absolute Gasteiger partial charge is 0.309 e. The Labute approximate surface area is 118 Å². The molecule has 0 spiro atoms. The van der Waals surface area contributed by atoms with E-state index < -0.39 is 10.8 Å². The summed E-state index contributed by atoms with van der Waals surface area (Å²) in [6.07, 6.45) is 0.956. The predicted octanol–water partition coefficient (Wildman–Crippen LogP) is 3.27. The van der Waals surface area contributed by atoms with E-state index in [0.29, 0.717) is 5.75 Å². The number of hydrogen-bond donors (Lipinski definition) is 1. The minimum Gasteiger partial charge on any atom is -0.309 e. The maximum atomic E-state index is 12.0. The van der Waals surface area contributed by atoms with Gasteiger partial charge in [0.2, 0.25) is 0 Å². The van der Waals surface area contributed by atoms with E-state index >= 15 is 0 Å². The summed E-state index contributed by atoms with van der Waals surface area (Å²) in [5.74, 6) is 0.641. The molecule has 1 aromatic rings. The number of rotatable bonds is 1. The molecule has 1 fully saturated rings. The Hall–Kier alpha value is 0.1000. The minimum atomic E-state index is -0.779. The molecule has 94 valence electrons. The number of halogens is 2. The Balaban J connectivity index is 2.24. The van der Waals surface area contributed by atoms with Crippen molar-refractivity contribution in [3.05, 3.63) is 33.3 Å². The van der Waals surface area contributed by atoms with Crippen LogP contribution in [-0.4, -0.2) is 21.8 Å². The monoisotopic (exact) mass is 335 g/mol. The molecule has 1 aromatic carbocycles. The Morgan fingerprint density at radius 3 is 3.00 bits per heavy atom. The van der Waals surface area contributed by atoms with Crippen LogP contribution < -0.4 is 5.32 Å². The van der Waals surface area contributed by atoms with Crippen molar-refractivity contribution in [3.8, 4) is 0 Å². The zero-order chi connectivity index (χ0) is 12.4. The van der Waals surface area contributed by atoms with E-state index in [0.717, 1.165) is 28.0 Å². The summed E-state index contributed by atoms with van der Waals surface area (Å²) >= 11 is 9.62. The van der Waals surface area contributed by atoms with Crippen LogP contribution in [0.5, 0.6) is 0 Å². The predicted molar refractivity (Wildman–Crippen MR) is 77.0 cm³/mol. The van der Waals surface area contributed by atoms with Gasteiger partial charge in [0, 0.05) is 37.3 Å². The second-order valence-corrected chi connectivity index (χ2v) is 7.54. The second kappa shape index (κ2) is 5.83. The summed E-state index contributed by atoms with van der Waals surface area (Å²) in [6.45, 7) is 2.94. The molecule has 0 bridgehead atoms. The average molecular weight is 337 g/mol. The molecule has 17 heavy (non-hydrogen) atoms. The molecule has 1 N–H and O–H groups in total. The standard InChI is InChI=1S/C12H15BrClNOS/c1-8-4-5-15-12(7-17(8)16)10-3-2-9(13)6-11(10)14/h2-3,6,8,12,15H,4-5,7H2,1H3. The van der Waals surface area contributed by atoms with Crippen LogP contribution in [0.2, 0.25) is 5.02 Å². The minimum absolute atomic E-state index is 0.0985. The summed E-state index contributed by atoms with van der Waals surface area (Å²) in [6, 6.07) is 5.95. The normalized spacial score (nSPS) is 29.9. The molecule has 3 atom stereocenters. The van der Waals surface area contributed by atoms with Gasteiger partial charge in [-0.25, -0.2) is 0 Å². The maximum absolute atomic E-state index is 12.0. The summed E-state index contributed by atoms with van der Waals surface area (Å²) in [7, 11) is -0.779. The highest BCUT2D eigenvalue weighted by molar-refractivity contribution is 9.10. The molecule has 0 saturated carbocycles. The number of nitrogens with one attached hydrogen (secondary N) is 1. The van der Waals surface area contributed by atoms with Crippen LogP contribution in [0.15, 0.2) is 22.7 Å². The third kappa shape index (κ3) is 3.31. The Morgan fingerprint density at radius 2 is 2.29 bits per heavy atom. The molecular formula is C12H15BrClNOS. The van der Waals surface area contributed by atoms with Gasteiger partial charge in [-0.15, -0.1) is 0 Å². The van der Waals surface area contributed by atoms with E-state index in [1.54, 1.807) is 0 Å². The quantitative estimate of drug-likeness (QED) is 0.853. The van der Waals surface area contributed by atoms with E-state index in [9.17, 15) is 4.21 Å². The molecular weight excluding hydrogens is 322 g/mol. The molecule has 0 aromatic heterocycles. The van der Waals surface area contributed by atoms with Gasteiger partial charge in [-0.2, -0.15) is 0 Å². The van der Waals surface area contributed by atoms with Gasteiger partial charge in [0.05, 0.1) is 0 Å². The van der Waals surface area contributed by atoms with Gasteiger partial charge in [0.25, 0.3) is 0 Å². The zero-order valence-corrected chi connectivity index (χ0v) is 12.7. The Kier molecular flexibility index (Phi) is 4.64. The summed E-state index contributed by atoms with van der Waals surface area (Å²) < 4.78 is 13.0. The van der Waals surface area contributed by atoms with Crippen LogP contribution in [-0.2, 0) is 10.8 Å². The van der Waals surface area contributed by atoms with E-state index in [4.69, 9.17) is 11.6 Å². The second-order valence-electron chi connectivity index (χ2n) is 4.32. The summed E-state index contributed by atoms with van der Waals surface area (Å²) in [5, 5.41) is 4.42. The van der Waals surface area contributed by atoms with Crippen molar-refractivity contribution < 1.29 is 4.21 Å². The van der Waals surface area contributed by atoms with Crippen molar-refractivity contribution in [2.45, 2.75) is 24.6 Å². The highest BCUT2D eigenvalue weighted by Gasteiger charge is 2.24. The molecule has 0 aliphatic carbocycles. The first-order valence-corrected chi connectivity index (χ1v) is 8.18. The van der Waals surface area contributed by atoms with Crippen molar-refractivity contribution in [2.75, 3.05) is 12.3 Å². The molecule has 2 rings (SSSR count). The van der Waals surface area contributed by atoms with Crippen LogP contribution in [0.4, 0.5) is 0 Å². The van der Waals surface area contributed by atoms with Crippen molar-refractivity contribution in [1.29, 1.82) is 0 Å². The SMILES string of the molecule is CC1CCNC(c2ccc(Br)cc2Cl)CS1=O. The fourth-order valence-electron chi connectivity index (χ4n) is 1.96. The molecule has 5 heteroatoms. The molecule has 1 aliphatic heterocycles. The molecule has 0 radical (unpaired) electrons. The molecule has 1 saturated heterocycles. The smallest absolute Gasteiger partial charge is 0.0465 e. The van der Waals surface area contributed by atoms with E-state index in [1.165, 1.54) is 0 Å². The van der Waals surface area contributed by atoms with Crippen LogP contribution in [0.1, 0.15) is 24.9 Å². The Morgan fingerprint density at radius 1 is 1.53 bits per heavy atom. The Bertz CT molecular complexity index is 441. The zero-order valence-electron chi connectivity index (χ0n) is 9.58. The third-order valence-corrected chi connectivity index (χ3v) is 5.67. The van der Waals surface area contributed by atoms with E-state index in [-0.39, 0.29) is 11.3 Å². The molecule has 0 amide bonds. The number of hydrogen-bond acceptors (Lipinski definition) is 2. The highest BCUT2D eigenvalue weighted by Crippen LogP contribution is 2.28. The lowest BCUT2D eigenvalue weighted by Crippen LogP contribution is -2.24. The molecule has 2 nitrogen and oxygen atoms in total. The first-order chi connectivity index (χ1) is 8.08. The van der Waals surface area contributed by atoms with Crippen LogP contribution in [0.3, 0.4) is 0 Å². The van der Waals surface area contributed by atoms with Crippen LogP contribution in [0, 0.1) is 0 Å². The van der Waals surface area contributed by atoms with E-state index in [2.05, 4.69) is 21.2 Å². The maximum Gasteiger partial charge on any atom is 0.0465 e. The first kappa shape index (κ1) is 13.5. The van der Waals surface area contributed by atoms with Gasteiger partial charge in [-0.1, -0.05) is 40.5 Å². The van der Waals surface area contributed by atoms with Crippen molar-refractivity contribution >= 4 is 38.3 Å². The van der Waals surface area contributed by atoms with Gasteiger partial charge in [-0.3, -0.25) is 4.21 Å². The summed E-state index contributed by atoms with van der Waals surface area (Å²) in [5.41, 5.74) is 1.04. The van der Waals surface area contributed by atoms with Crippen LogP contribution in [0.25, 0.3) is 0 Å². The fourth-order valence-corrected chi connectivity index (χ4v) is 4.10.